The molecular formula is C18H14F2N4O2. The number of ether oxygens (including phenoxy) is 1. The van der Waals surface area contributed by atoms with Crippen LogP contribution in [0.3, 0.4) is 0 Å². The van der Waals surface area contributed by atoms with Gasteiger partial charge in [-0.05, 0) is 36.4 Å². The Bertz CT molecular complexity index is 912. The maximum absolute atomic E-state index is 13.6. The Hall–Kier alpha value is -3.55. The molecule has 132 valence electrons. The molecule has 1 aromatic heterocycles. The molecule has 0 saturated heterocycles. The highest BCUT2D eigenvalue weighted by Gasteiger charge is 2.12. The molecule has 0 aliphatic heterocycles. The number of rotatable bonds is 5. The molecule has 1 amide bonds. The van der Waals surface area contributed by atoms with Gasteiger partial charge in [-0.25, -0.2) is 8.78 Å². The smallest absolute Gasteiger partial charge is 0.276 e. The van der Waals surface area contributed by atoms with Gasteiger partial charge in [0, 0.05) is 11.8 Å². The van der Waals surface area contributed by atoms with Crippen molar-refractivity contribution in [3.63, 3.8) is 0 Å². The number of carbonyl (C=O) groups excluding carboxylic acids is 1. The van der Waals surface area contributed by atoms with E-state index in [0.717, 1.165) is 12.1 Å². The molecule has 8 heteroatoms. The summed E-state index contributed by atoms with van der Waals surface area (Å²) in [4.78, 5) is 12.2. The van der Waals surface area contributed by atoms with Gasteiger partial charge in [0.1, 0.15) is 23.1 Å². The van der Waals surface area contributed by atoms with Crippen molar-refractivity contribution in [1.82, 2.24) is 10.2 Å². The van der Waals surface area contributed by atoms with Gasteiger partial charge in [-0.3, -0.25) is 4.79 Å². The van der Waals surface area contributed by atoms with E-state index in [9.17, 15) is 13.6 Å². The van der Waals surface area contributed by atoms with Crippen molar-refractivity contribution in [3.8, 4) is 5.75 Å². The molecule has 0 fully saturated rings. The van der Waals surface area contributed by atoms with E-state index in [4.69, 9.17) is 4.74 Å². The highest BCUT2D eigenvalue weighted by atomic mass is 19.1. The van der Waals surface area contributed by atoms with Gasteiger partial charge < -0.3 is 15.4 Å². The molecular weight excluding hydrogens is 342 g/mol. The quantitative estimate of drug-likeness (QED) is 0.728. The van der Waals surface area contributed by atoms with Gasteiger partial charge >= 0.3 is 0 Å². The summed E-state index contributed by atoms with van der Waals surface area (Å²) in [6, 6.07) is 13.1. The fourth-order valence-electron chi connectivity index (χ4n) is 2.16. The molecule has 0 aliphatic carbocycles. The molecule has 2 aromatic carbocycles. The number of hydrogen-bond donors (Lipinski definition) is 2. The Morgan fingerprint density at radius 3 is 2.38 bits per heavy atom. The lowest BCUT2D eigenvalue weighted by molar-refractivity contribution is 0.102. The van der Waals surface area contributed by atoms with Crippen LogP contribution in [-0.2, 0) is 0 Å². The Balaban J connectivity index is 1.71. The number of halogens is 2. The number of methoxy groups -OCH3 is 1. The van der Waals surface area contributed by atoms with Crippen LogP contribution in [0, 0.1) is 11.6 Å². The van der Waals surface area contributed by atoms with Crippen molar-refractivity contribution < 1.29 is 18.3 Å². The molecule has 0 unspecified atom stereocenters. The zero-order valence-electron chi connectivity index (χ0n) is 13.7. The minimum Gasteiger partial charge on any atom is -0.497 e. The summed E-state index contributed by atoms with van der Waals surface area (Å²) in [5.74, 6) is -1.29. The average Bonchev–Trinajstić information content (AvgIpc) is 2.65. The lowest BCUT2D eigenvalue weighted by Crippen LogP contribution is -2.14. The maximum atomic E-state index is 13.6. The Morgan fingerprint density at radius 1 is 1.00 bits per heavy atom. The van der Waals surface area contributed by atoms with Gasteiger partial charge in [0.25, 0.3) is 5.91 Å². The van der Waals surface area contributed by atoms with Crippen molar-refractivity contribution in [3.05, 3.63) is 71.9 Å². The third-order valence-corrected chi connectivity index (χ3v) is 3.44. The summed E-state index contributed by atoms with van der Waals surface area (Å²) >= 11 is 0. The van der Waals surface area contributed by atoms with E-state index in [1.54, 1.807) is 24.3 Å². The number of carbonyl (C=O) groups is 1. The summed E-state index contributed by atoms with van der Waals surface area (Å²) in [7, 11) is 1.52. The van der Waals surface area contributed by atoms with Crippen LogP contribution in [0.4, 0.5) is 26.0 Å². The van der Waals surface area contributed by atoms with Crippen molar-refractivity contribution in [2.45, 2.75) is 0 Å². The minimum absolute atomic E-state index is 0.0485. The average molecular weight is 356 g/mol. The number of benzene rings is 2. The third kappa shape index (κ3) is 3.92. The van der Waals surface area contributed by atoms with Crippen LogP contribution in [-0.4, -0.2) is 23.2 Å². The van der Waals surface area contributed by atoms with Gasteiger partial charge in [-0.15, -0.1) is 10.2 Å². The first-order valence-electron chi connectivity index (χ1n) is 7.57. The van der Waals surface area contributed by atoms with Gasteiger partial charge in [0.15, 0.2) is 11.5 Å². The van der Waals surface area contributed by atoms with Crippen molar-refractivity contribution in [2.75, 3.05) is 17.7 Å². The second-order valence-corrected chi connectivity index (χ2v) is 5.21. The second-order valence-electron chi connectivity index (χ2n) is 5.21. The topological polar surface area (TPSA) is 76.1 Å². The second kappa shape index (κ2) is 7.56. The SMILES string of the molecule is COc1cccc(NC(=O)c2ccc(Nc3c(F)cccc3F)nn2)c1. The summed E-state index contributed by atoms with van der Waals surface area (Å²) in [6.45, 7) is 0. The Labute approximate surface area is 147 Å². The molecule has 1 heterocycles. The summed E-state index contributed by atoms with van der Waals surface area (Å²) in [5, 5.41) is 12.7. The standard InChI is InChI=1S/C18H14F2N4O2/c1-26-12-5-2-4-11(10-12)21-18(25)15-8-9-16(24-23-15)22-17-13(19)6-3-7-14(17)20/h2-10H,1H3,(H,21,25)(H,22,24). The van der Waals surface area contributed by atoms with E-state index in [2.05, 4.69) is 20.8 Å². The summed E-state index contributed by atoms with van der Waals surface area (Å²) < 4.78 is 32.3. The first-order valence-corrected chi connectivity index (χ1v) is 7.57. The van der Waals surface area contributed by atoms with E-state index >= 15 is 0 Å². The van der Waals surface area contributed by atoms with Gasteiger partial charge in [0.05, 0.1) is 7.11 Å². The van der Waals surface area contributed by atoms with Crippen molar-refractivity contribution in [2.24, 2.45) is 0 Å². The van der Waals surface area contributed by atoms with E-state index < -0.39 is 17.5 Å². The number of anilines is 3. The van der Waals surface area contributed by atoms with Crippen molar-refractivity contribution >= 4 is 23.1 Å². The third-order valence-electron chi connectivity index (χ3n) is 3.44. The lowest BCUT2D eigenvalue weighted by Gasteiger charge is -2.08. The van der Waals surface area contributed by atoms with Crippen LogP contribution in [0.15, 0.2) is 54.6 Å². The molecule has 2 N–H and O–H groups in total. The monoisotopic (exact) mass is 356 g/mol. The highest BCUT2D eigenvalue weighted by Crippen LogP contribution is 2.22. The highest BCUT2D eigenvalue weighted by molar-refractivity contribution is 6.02. The van der Waals surface area contributed by atoms with Gasteiger partial charge in [-0.2, -0.15) is 0 Å². The van der Waals surface area contributed by atoms with Gasteiger partial charge in [0.2, 0.25) is 0 Å². The van der Waals surface area contributed by atoms with E-state index in [1.165, 1.54) is 25.3 Å². The molecule has 0 aliphatic rings. The number of amides is 1. The van der Waals surface area contributed by atoms with E-state index in [0.29, 0.717) is 11.4 Å². The molecule has 26 heavy (non-hydrogen) atoms. The predicted octanol–water partition coefficient (Wildman–Crippen LogP) is 3.76. The Kier molecular flexibility index (Phi) is 5.02. The first-order chi connectivity index (χ1) is 12.6. The fraction of sp³-hybridized carbons (Fsp3) is 0.0556. The number of nitrogens with one attached hydrogen (secondary N) is 2. The van der Waals surface area contributed by atoms with Crippen molar-refractivity contribution in [1.29, 1.82) is 0 Å². The fourth-order valence-corrected chi connectivity index (χ4v) is 2.16. The molecule has 0 radical (unpaired) electrons. The molecule has 0 bridgehead atoms. The van der Waals surface area contributed by atoms with Crippen LogP contribution in [0.2, 0.25) is 0 Å². The van der Waals surface area contributed by atoms with Crippen LogP contribution < -0.4 is 15.4 Å². The number of hydrogen-bond acceptors (Lipinski definition) is 5. The predicted molar refractivity (Wildman–Crippen MR) is 92.6 cm³/mol. The zero-order chi connectivity index (χ0) is 18.5. The largest absolute Gasteiger partial charge is 0.497 e. The zero-order valence-corrected chi connectivity index (χ0v) is 13.7. The lowest BCUT2D eigenvalue weighted by atomic mass is 10.2. The molecule has 3 rings (SSSR count). The molecule has 3 aromatic rings. The van der Waals surface area contributed by atoms with E-state index in [1.807, 2.05) is 0 Å². The maximum Gasteiger partial charge on any atom is 0.276 e. The molecule has 0 atom stereocenters. The van der Waals surface area contributed by atoms with Crippen LogP contribution in [0.25, 0.3) is 0 Å². The molecule has 0 saturated carbocycles. The Morgan fingerprint density at radius 2 is 1.73 bits per heavy atom. The van der Waals surface area contributed by atoms with E-state index in [-0.39, 0.29) is 17.2 Å². The van der Waals surface area contributed by atoms with Crippen LogP contribution in [0.5, 0.6) is 5.75 Å². The summed E-state index contributed by atoms with van der Waals surface area (Å²) in [6.07, 6.45) is 0. The molecule has 6 nitrogen and oxygen atoms in total. The number of aromatic nitrogens is 2. The van der Waals surface area contributed by atoms with Gasteiger partial charge in [-0.1, -0.05) is 12.1 Å². The van der Waals surface area contributed by atoms with Crippen LogP contribution >= 0.6 is 0 Å². The first kappa shape index (κ1) is 17.3. The number of nitrogens with zero attached hydrogens (tertiary/aromatic N) is 2. The summed E-state index contributed by atoms with van der Waals surface area (Å²) in [5.41, 5.74) is 0.245. The normalized spacial score (nSPS) is 10.3. The minimum atomic E-state index is -0.758. The molecule has 0 spiro atoms. The number of para-hydroxylation sites is 1. The van der Waals surface area contributed by atoms with Crippen LogP contribution in [0.1, 0.15) is 10.5 Å².